The Hall–Kier alpha value is -0.280. The van der Waals surface area contributed by atoms with E-state index >= 15 is 0 Å². The average Bonchev–Trinajstić information content (AvgIpc) is 1.90. The summed E-state index contributed by atoms with van der Waals surface area (Å²) in [4.78, 5) is 8.65. The van der Waals surface area contributed by atoms with Crippen molar-refractivity contribution in [2.24, 2.45) is 0 Å². The standard InChI is InChI=1S/C5H10O.CHClO2/c1-2-4-6-5-3-1;2-1(3)4/h1-5H2;(H,3,4)/p-1. The van der Waals surface area contributed by atoms with E-state index < -0.39 is 5.43 Å². The summed E-state index contributed by atoms with van der Waals surface area (Å²) in [5.41, 5.74) is -1.61. The molecule has 0 amide bonds. The van der Waals surface area contributed by atoms with Gasteiger partial charge in [-0.2, -0.15) is 0 Å². The average molecular weight is 166 g/mol. The van der Waals surface area contributed by atoms with Gasteiger partial charge in [-0.25, -0.2) is 0 Å². The largest absolute Gasteiger partial charge is 0.534 e. The van der Waals surface area contributed by atoms with E-state index in [0.29, 0.717) is 0 Å². The lowest BCUT2D eigenvalue weighted by Gasteiger charge is -2.08. The number of carboxylic acid groups (broad SMARTS) is 1. The molecule has 1 rings (SSSR count). The number of carbonyl (C=O) groups is 1. The van der Waals surface area contributed by atoms with Crippen molar-refractivity contribution in [3.05, 3.63) is 0 Å². The van der Waals surface area contributed by atoms with Crippen LogP contribution in [0.4, 0.5) is 4.79 Å². The summed E-state index contributed by atoms with van der Waals surface area (Å²) >= 11 is 4.08. The summed E-state index contributed by atoms with van der Waals surface area (Å²) < 4.78 is 5.07. The molecule has 1 saturated heterocycles. The Morgan fingerprint density at radius 3 is 1.80 bits per heavy atom. The zero-order chi connectivity index (χ0) is 7.82. The first-order valence-electron chi connectivity index (χ1n) is 3.17. The van der Waals surface area contributed by atoms with Gasteiger partial charge in [-0.05, 0) is 19.3 Å². The third-order valence-electron chi connectivity index (χ3n) is 1.08. The number of ether oxygens (including phenoxy) is 1. The van der Waals surface area contributed by atoms with Crippen LogP contribution in [0.15, 0.2) is 0 Å². The molecule has 0 aromatic rings. The van der Waals surface area contributed by atoms with Gasteiger partial charge in [0.1, 0.15) is 5.43 Å². The van der Waals surface area contributed by atoms with Crippen LogP contribution in [-0.2, 0) is 4.74 Å². The van der Waals surface area contributed by atoms with E-state index in [4.69, 9.17) is 14.6 Å². The van der Waals surface area contributed by atoms with Gasteiger partial charge < -0.3 is 14.6 Å². The van der Waals surface area contributed by atoms with Crippen LogP contribution < -0.4 is 5.11 Å². The molecule has 4 heteroatoms. The Labute approximate surface area is 64.9 Å². The second-order valence-corrected chi connectivity index (χ2v) is 2.22. The van der Waals surface area contributed by atoms with E-state index in [1.54, 1.807) is 0 Å². The zero-order valence-electron chi connectivity index (χ0n) is 5.64. The summed E-state index contributed by atoms with van der Waals surface area (Å²) in [7, 11) is 0. The van der Waals surface area contributed by atoms with Gasteiger partial charge in [0.15, 0.2) is 0 Å². The van der Waals surface area contributed by atoms with Crippen LogP contribution in [0.25, 0.3) is 0 Å². The lowest BCUT2D eigenvalue weighted by atomic mass is 10.2. The molecule has 0 saturated carbocycles. The van der Waals surface area contributed by atoms with Crippen LogP contribution in [0.2, 0.25) is 0 Å². The summed E-state index contributed by atoms with van der Waals surface area (Å²) in [5.74, 6) is 0. The van der Waals surface area contributed by atoms with Crippen molar-refractivity contribution in [1.82, 2.24) is 0 Å². The molecule has 0 aromatic carbocycles. The minimum atomic E-state index is -1.61. The van der Waals surface area contributed by atoms with Crippen LogP contribution in [0.3, 0.4) is 0 Å². The molecule has 0 bridgehead atoms. The van der Waals surface area contributed by atoms with Crippen molar-refractivity contribution >= 4 is 17.0 Å². The number of hydrogen-bond acceptors (Lipinski definition) is 3. The molecule has 3 nitrogen and oxygen atoms in total. The predicted octanol–water partition coefficient (Wildman–Crippen LogP) is 0.755. The maximum atomic E-state index is 8.65. The lowest BCUT2D eigenvalue weighted by Crippen LogP contribution is -2.11. The molecule has 10 heavy (non-hydrogen) atoms. The molecule has 0 atom stereocenters. The van der Waals surface area contributed by atoms with Gasteiger partial charge in [0.2, 0.25) is 0 Å². The number of hydrogen-bond donors (Lipinski definition) is 0. The van der Waals surface area contributed by atoms with Crippen LogP contribution in [-0.4, -0.2) is 18.6 Å². The molecule has 0 spiro atoms. The van der Waals surface area contributed by atoms with Crippen LogP contribution >= 0.6 is 11.6 Å². The quantitative estimate of drug-likeness (QED) is 0.498. The Balaban J connectivity index is 0.000000180. The van der Waals surface area contributed by atoms with Crippen molar-refractivity contribution in [1.29, 1.82) is 0 Å². The lowest BCUT2D eigenvalue weighted by molar-refractivity contribution is -0.233. The molecule has 1 heterocycles. The predicted molar refractivity (Wildman–Crippen MR) is 35.9 cm³/mol. The molecule has 1 aliphatic heterocycles. The minimum Gasteiger partial charge on any atom is -0.534 e. The molecule has 0 aliphatic carbocycles. The van der Waals surface area contributed by atoms with Gasteiger partial charge in [-0.15, -0.1) is 0 Å². The van der Waals surface area contributed by atoms with Crippen molar-refractivity contribution in [3.63, 3.8) is 0 Å². The van der Waals surface area contributed by atoms with Gasteiger partial charge >= 0.3 is 0 Å². The van der Waals surface area contributed by atoms with Crippen molar-refractivity contribution in [2.45, 2.75) is 19.3 Å². The van der Waals surface area contributed by atoms with E-state index in [2.05, 4.69) is 11.6 Å². The summed E-state index contributed by atoms with van der Waals surface area (Å²) in [6, 6.07) is 0. The Morgan fingerprint density at radius 1 is 1.30 bits per heavy atom. The highest BCUT2D eigenvalue weighted by Crippen LogP contribution is 2.02. The van der Waals surface area contributed by atoms with E-state index in [1.165, 1.54) is 19.3 Å². The fraction of sp³-hybridized carbons (Fsp3) is 0.833. The zero-order valence-corrected chi connectivity index (χ0v) is 6.39. The Bertz CT molecular complexity index is 75.5. The second kappa shape index (κ2) is 6.83. The molecule has 0 unspecified atom stereocenters. The number of halogens is 1. The van der Waals surface area contributed by atoms with Gasteiger partial charge in [-0.1, -0.05) is 11.6 Å². The summed E-state index contributed by atoms with van der Waals surface area (Å²) in [6.07, 6.45) is 3.93. The van der Waals surface area contributed by atoms with Crippen LogP contribution in [0, 0.1) is 0 Å². The fourth-order valence-corrected chi connectivity index (χ4v) is 0.687. The normalized spacial score (nSPS) is 16.9. The van der Waals surface area contributed by atoms with Crippen molar-refractivity contribution in [2.75, 3.05) is 13.2 Å². The van der Waals surface area contributed by atoms with Gasteiger partial charge in [0, 0.05) is 13.2 Å². The first-order valence-corrected chi connectivity index (χ1v) is 3.55. The highest BCUT2D eigenvalue weighted by molar-refractivity contribution is 6.59. The smallest absolute Gasteiger partial charge is 0.134 e. The van der Waals surface area contributed by atoms with Gasteiger partial charge in [0.25, 0.3) is 0 Å². The number of carbonyl (C=O) groups excluding carboxylic acids is 1. The maximum Gasteiger partial charge on any atom is 0.134 e. The summed E-state index contributed by atoms with van der Waals surface area (Å²) in [5, 5.41) is 8.65. The van der Waals surface area contributed by atoms with E-state index in [9.17, 15) is 0 Å². The molecular formula is C6H10ClO3-. The highest BCUT2D eigenvalue weighted by atomic mass is 35.5. The third kappa shape index (κ3) is 10.7. The van der Waals surface area contributed by atoms with Gasteiger partial charge in [-0.3, -0.25) is 0 Å². The van der Waals surface area contributed by atoms with Crippen LogP contribution in [0.1, 0.15) is 19.3 Å². The molecule has 1 aliphatic rings. The summed E-state index contributed by atoms with van der Waals surface area (Å²) in [6.45, 7) is 2.00. The Morgan fingerprint density at radius 2 is 1.70 bits per heavy atom. The van der Waals surface area contributed by atoms with E-state index in [-0.39, 0.29) is 0 Å². The van der Waals surface area contributed by atoms with Gasteiger partial charge in [0.05, 0.1) is 0 Å². The molecule has 1 fully saturated rings. The van der Waals surface area contributed by atoms with Crippen molar-refractivity contribution in [3.8, 4) is 0 Å². The minimum absolute atomic E-state index is 1.00. The third-order valence-corrected chi connectivity index (χ3v) is 1.08. The maximum absolute atomic E-state index is 8.65. The van der Waals surface area contributed by atoms with E-state index in [1.807, 2.05) is 0 Å². The SMILES string of the molecule is C1CCOCC1.O=C([O-])Cl. The number of rotatable bonds is 0. The topological polar surface area (TPSA) is 49.4 Å². The molecule has 0 radical (unpaired) electrons. The monoisotopic (exact) mass is 165 g/mol. The second-order valence-electron chi connectivity index (χ2n) is 1.91. The molecule has 60 valence electrons. The Kier molecular flexibility index (Phi) is 6.64. The molecular weight excluding hydrogens is 156 g/mol. The first-order chi connectivity index (χ1) is 4.73. The van der Waals surface area contributed by atoms with Crippen molar-refractivity contribution < 1.29 is 14.6 Å². The molecule has 0 aromatic heterocycles. The highest BCUT2D eigenvalue weighted by Gasteiger charge is 1.94. The van der Waals surface area contributed by atoms with E-state index in [0.717, 1.165) is 13.2 Å². The molecule has 0 N–H and O–H groups in total. The van der Waals surface area contributed by atoms with Crippen LogP contribution in [0.5, 0.6) is 0 Å². The first kappa shape index (κ1) is 9.72. The fourth-order valence-electron chi connectivity index (χ4n) is 0.687.